The summed E-state index contributed by atoms with van der Waals surface area (Å²) in [5.74, 6) is 1.51. The molecule has 0 radical (unpaired) electrons. The van der Waals surface area contributed by atoms with Crippen LogP contribution in [0.15, 0.2) is 18.2 Å². The fourth-order valence-corrected chi connectivity index (χ4v) is 2.16. The Morgan fingerprint density at radius 3 is 2.40 bits per heavy atom. The van der Waals surface area contributed by atoms with Crippen LogP contribution in [0.1, 0.15) is 53.0 Å². The van der Waals surface area contributed by atoms with E-state index in [0.29, 0.717) is 5.92 Å². The predicted octanol–water partition coefficient (Wildman–Crippen LogP) is 5.04. The second kappa shape index (κ2) is 7.90. The third-order valence-electron chi connectivity index (χ3n) is 3.50. The highest BCUT2D eigenvalue weighted by atomic mass is 35.5. The molecule has 114 valence electrons. The van der Waals surface area contributed by atoms with Crippen molar-refractivity contribution in [1.29, 1.82) is 0 Å². The van der Waals surface area contributed by atoms with Gasteiger partial charge in [0.15, 0.2) is 0 Å². The van der Waals surface area contributed by atoms with Crippen molar-refractivity contribution < 1.29 is 4.74 Å². The van der Waals surface area contributed by atoms with Gasteiger partial charge in [0.25, 0.3) is 0 Å². The molecule has 1 rings (SSSR count). The molecule has 0 fully saturated rings. The van der Waals surface area contributed by atoms with Crippen molar-refractivity contribution in [2.75, 3.05) is 6.61 Å². The highest BCUT2D eigenvalue weighted by Crippen LogP contribution is 2.27. The van der Waals surface area contributed by atoms with Crippen molar-refractivity contribution in [1.82, 2.24) is 5.32 Å². The van der Waals surface area contributed by atoms with Crippen LogP contribution in [0.2, 0.25) is 5.02 Å². The number of hydrogen-bond donors (Lipinski definition) is 1. The molecule has 20 heavy (non-hydrogen) atoms. The van der Waals surface area contributed by atoms with E-state index in [-0.39, 0.29) is 5.54 Å². The van der Waals surface area contributed by atoms with Crippen LogP contribution in [0.4, 0.5) is 0 Å². The largest absolute Gasteiger partial charge is 0.493 e. The molecule has 0 aliphatic carbocycles. The van der Waals surface area contributed by atoms with Gasteiger partial charge >= 0.3 is 0 Å². The molecule has 0 amide bonds. The Kier molecular flexibility index (Phi) is 6.84. The van der Waals surface area contributed by atoms with Gasteiger partial charge < -0.3 is 10.1 Å². The molecule has 0 bridgehead atoms. The van der Waals surface area contributed by atoms with Crippen molar-refractivity contribution in [2.24, 2.45) is 5.92 Å². The van der Waals surface area contributed by atoms with E-state index in [1.54, 1.807) is 0 Å². The van der Waals surface area contributed by atoms with E-state index in [4.69, 9.17) is 16.3 Å². The number of nitrogens with one attached hydrogen (secondary N) is 1. The lowest BCUT2D eigenvalue weighted by Gasteiger charge is -2.23. The van der Waals surface area contributed by atoms with Crippen LogP contribution in [-0.2, 0) is 6.54 Å². The lowest BCUT2D eigenvalue weighted by Crippen LogP contribution is -2.35. The van der Waals surface area contributed by atoms with Gasteiger partial charge in [-0.3, -0.25) is 0 Å². The maximum Gasteiger partial charge on any atom is 0.125 e. The topological polar surface area (TPSA) is 21.3 Å². The summed E-state index contributed by atoms with van der Waals surface area (Å²) in [4.78, 5) is 0. The number of benzene rings is 1. The minimum atomic E-state index is 0.0613. The number of rotatable bonds is 7. The van der Waals surface area contributed by atoms with Crippen LogP contribution in [0.3, 0.4) is 0 Å². The fraction of sp³-hybridized carbons (Fsp3) is 0.647. The Balaban J connectivity index is 2.77. The van der Waals surface area contributed by atoms with E-state index in [2.05, 4.69) is 39.9 Å². The molecule has 0 aromatic heterocycles. The summed E-state index contributed by atoms with van der Waals surface area (Å²) in [6.45, 7) is 12.3. The van der Waals surface area contributed by atoms with Crippen LogP contribution in [0, 0.1) is 5.92 Å². The molecule has 2 nitrogen and oxygen atoms in total. The fourth-order valence-electron chi connectivity index (χ4n) is 1.93. The van der Waals surface area contributed by atoms with Gasteiger partial charge in [0, 0.05) is 22.7 Å². The van der Waals surface area contributed by atoms with Gasteiger partial charge in [-0.25, -0.2) is 0 Å². The van der Waals surface area contributed by atoms with Crippen LogP contribution < -0.4 is 10.1 Å². The Bertz CT molecular complexity index is 408. The lowest BCUT2D eigenvalue weighted by atomic mass is 10.1. The molecule has 0 saturated carbocycles. The summed E-state index contributed by atoms with van der Waals surface area (Å²) in [5.41, 5.74) is 1.11. The molecule has 3 heteroatoms. The zero-order valence-corrected chi connectivity index (χ0v) is 14.2. The van der Waals surface area contributed by atoms with Gasteiger partial charge in [0.1, 0.15) is 5.75 Å². The van der Waals surface area contributed by atoms with Crippen LogP contribution in [-0.4, -0.2) is 12.1 Å². The van der Waals surface area contributed by atoms with Gasteiger partial charge in [-0.2, -0.15) is 0 Å². The molecule has 1 aromatic carbocycles. The van der Waals surface area contributed by atoms with Crippen LogP contribution >= 0.6 is 11.6 Å². The summed E-state index contributed by atoms with van der Waals surface area (Å²) >= 11 is 6.32. The van der Waals surface area contributed by atoms with Gasteiger partial charge in [-0.05, 0) is 38.8 Å². The molecule has 0 spiro atoms. The summed E-state index contributed by atoms with van der Waals surface area (Å²) in [5, 5.41) is 4.24. The van der Waals surface area contributed by atoms with E-state index in [0.717, 1.165) is 42.3 Å². The van der Waals surface area contributed by atoms with Gasteiger partial charge in [-0.1, -0.05) is 44.4 Å². The zero-order valence-electron chi connectivity index (χ0n) is 13.4. The molecular weight excluding hydrogens is 270 g/mol. The number of hydrogen-bond acceptors (Lipinski definition) is 2. The van der Waals surface area contributed by atoms with Gasteiger partial charge in [-0.15, -0.1) is 0 Å². The number of halogens is 1. The summed E-state index contributed by atoms with van der Waals surface area (Å²) < 4.78 is 6.00. The Morgan fingerprint density at radius 2 is 1.85 bits per heavy atom. The molecule has 0 unspecified atom stereocenters. The molecule has 0 aliphatic rings. The van der Waals surface area contributed by atoms with E-state index in [1.807, 2.05) is 18.2 Å². The Labute approximate surface area is 128 Å². The van der Waals surface area contributed by atoms with Crippen molar-refractivity contribution in [3.63, 3.8) is 0 Å². The van der Waals surface area contributed by atoms with Crippen molar-refractivity contribution >= 4 is 11.6 Å². The van der Waals surface area contributed by atoms with Gasteiger partial charge in [0.2, 0.25) is 0 Å². The smallest absolute Gasteiger partial charge is 0.125 e. The minimum absolute atomic E-state index is 0.0613. The Hall–Kier alpha value is -0.730. The standard InChI is InChI=1S/C17H28ClNO/c1-6-13(7-2)12-20-16-10-8-9-15(18)14(16)11-19-17(3,4)5/h8-10,13,19H,6-7,11-12H2,1-5H3. The molecule has 1 N–H and O–H groups in total. The monoisotopic (exact) mass is 297 g/mol. The summed E-state index contributed by atoms with van der Waals surface area (Å²) in [6.07, 6.45) is 2.29. The summed E-state index contributed by atoms with van der Waals surface area (Å²) in [6, 6.07) is 5.88. The molecule has 0 aliphatic heterocycles. The first-order valence-electron chi connectivity index (χ1n) is 7.52. The number of ether oxygens (including phenoxy) is 1. The highest BCUT2D eigenvalue weighted by molar-refractivity contribution is 6.31. The normalized spacial score (nSPS) is 11.9. The lowest BCUT2D eigenvalue weighted by molar-refractivity contribution is 0.237. The van der Waals surface area contributed by atoms with E-state index >= 15 is 0 Å². The predicted molar refractivity (Wildman–Crippen MR) is 87.6 cm³/mol. The molecule has 0 atom stereocenters. The average Bonchev–Trinajstić information content (AvgIpc) is 2.37. The van der Waals surface area contributed by atoms with E-state index < -0.39 is 0 Å². The highest BCUT2D eigenvalue weighted by Gasteiger charge is 2.14. The zero-order chi connectivity index (χ0) is 15.2. The van der Waals surface area contributed by atoms with E-state index in [1.165, 1.54) is 0 Å². The van der Waals surface area contributed by atoms with Gasteiger partial charge in [0.05, 0.1) is 6.61 Å². The average molecular weight is 298 g/mol. The first-order valence-corrected chi connectivity index (χ1v) is 7.90. The van der Waals surface area contributed by atoms with Crippen LogP contribution in [0.5, 0.6) is 5.75 Å². The molecule has 0 saturated heterocycles. The van der Waals surface area contributed by atoms with Crippen LogP contribution in [0.25, 0.3) is 0 Å². The maximum atomic E-state index is 6.32. The van der Waals surface area contributed by atoms with Crippen molar-refractivity contribution in [3.05, 3.63) is 28.8 Å². The first kappa shape index (κ1) is 17.3. The Morgan fingerprint density at radius 1 is 1.20 bits per heavy atom. The maximum absolute atomic E-state index is 6.32. The second-order valence-electron chi connectivity index (χ2n) is 6.31. The van der Waals surface area contributed by atoms with Crippen molar-refractivity contribution in [3.8, 4) is 5.75 Å². The van der Waals surface area contributed by atoms with E-state index in [9.17, 15) is 0 Å². The summed E-state index contributed by atoms with van der Waals surface area (Å²) in [7, 11) is 0. The minimum Gasteiger partial charge on any atom is -0.493 e. The third-order valence-corrected chi connectivity index (χ3v) is 3.85. The SMILES string of the molecule is CCC(CC)COc1cccc(Cl)c1CNC(C)(C)C. The molecule has 0 heterocycles. The van der Waals surface area contributed by atoms with Crippen molar-refractivity contribution in [2.45, 2.75) is 59.5 Å². The first-order chi connectivity index (χ1) is 9.37. The molecular formula is C17H28ClNO. The third kappa shape index (κ3) is 5.72. The quantitative estimate of drug-likeness (QED) is 0.761. The second-order valence-corrected chi connectivity index (χ2v) is 6.72. The molecule has 1 aromatic rings.